The van der Waals surface area contributed by atoms with E-state index in [1.54, 1.807) is 24.0 Å². The quantitative estimate of drug-likeness (QED) is 0.719. The maximum absolute atomic E-state index is 12.1. The van der Waals surface area contributed by atoms with E-state index in [9.17, 15) is 13.2 Å². The van der Waals surface area contributed by atoms with Crippen LogP contribution in [0.3, 0.4) is 0 Å². The van der Waals surface area contributed by atoms with Crippen molar-refractivity contribution in [2.45, 2.75) is 25.0 Å². The maximum Gasteiger partial charge on any atom is 0.306 e. The predicted octanol–water partition coefficient (Wildman–Crippen LogP) is 0.678. The second kappa shape index (κ2) is 4.96. The van der Waals surface area contributed by atoms with E-state index in [0.29, 0.717) is 5.69 Å². The molecule has 19 heavy (non-hydrogen) atoms. The minimum Gasteiger partial charge on any atom is -0.469 e. The lowest BCUT2D eigenvalue weighted by molar-refractivity contribution is -0.141. The topological polar surface area (TPSA) is 78.3 Å². The number of ether oxygens (including phenoxy) is 1. The third kappa shape index (κ3) is 3.79. The summed E-state index contributed by atoms with van der Waals surface area (Å²) in [4.78, 5) is 11.3. The van der Waals surface area contributed by atoms with E-state index >= 15 is 0 Å². The molecule has 0 unspecified atom stereocenters. The van der Waals surface area contributed by atoms with E-state index in [0.717, 1.165) is 12.8 Å². The van der Waals surface area contributed by atoms with Gasteiger partial charge < -0.3 is 4.74 Å². The fraction of sp³-hybridized carbons (Fsp3) is 0.667. The molecular formula is C12H18N2O4S. The van der Waals surface area contributed by atoms with Gasteiger partial charge in [-0.25, -0.2) is 8.42 Å². The van der Waals surface area contributed by atoms with E-state index < -0.39 is 15.3 Å². The van der Waals surface area contributed by atoms with E-state index in [1.165, 1.54) is 7.11 Å². The zero-order valence-electron chi connectivity index (χ0n) is 11.1. The minimum atomic E-state index is -3.25. The van der Waals surface area contributed by atoms with Crippen molar-refractivity contribution in [2.24, 2.45) is 12.5 Å². The predicted molar refractivity (Wildman–Crippen MR) is 69.0 cm³/mol. The van der Waals surface area contributed by atoms with Crippen molar-refractivity contribution in [2.75, 3.05) is 12.9 Å². The molecule has 7 heteroatoms. The number of methoxy groups -OCH3 is 1. The number of hydrogen-bond donors (Lipinski definition) is 0. The van der Waals surface area contributed by atoms with Crippen molar-refractivity contribution < 1.29 is 17.9 Å². The molecule has 1 aliphatic rings. The molecule has 0 aliphatic heterocycles. The largest absolute Gasteiger partial charge is 0.469 e. The fourth-order valence-corrected chi connectivity index (χ4v) is 4.24. The Kier molecular flexibility index (Phi) is 3.66. The summed E-state index contributed by atoms with van der Waals surface area (Å²) in [6, 6.07) is 1.69. The molecule has 0 aromatic carbocycles. The summed E-state index contributed by atoms with van der Waals surface area (Å²) in [5, 5.41) is 4.07. The molecule has 1 aromatic heterocycles. The van der Waals surface area contributed by atoms with Crippen LogP contribution in [0.5, 0.6) is 0 Å². The van der Waals surface area contributed by atoms with Crippen LogP contribution >= 0.6 is 0 Å². The monoisotopic (exact) mass is 286 g/mol. The first-order valence-electron chi connectivity index (χ1n) is 6.10. The van der Waals surface area contributed by atoms with Gasteiger partial charge in [-0.05, 0) is 24.3 Å². The summed E-state index contributed by atoms with van der Waals surface area (Å²) in [5.74, 6) is -0.381. The van der Waals surface area contributed by atoms with Gasteiger partial charge in [-0.2, -0.15) is 5.10 Å². The van der Waals surface area contributed by atoms with E-state index in [2.05, 4.69) is 9.84 Å². The van der Waals surface area contributed by atoms with Gasteiger partial charge in [0.1, 0.15) is 0 Å². The first-order chi connectivity index (χ1) is 8.84. The maximum atomic E-state index is 12.1. The molecule has 0 radical (unpaired) electrons. The summed E-state index contributed by atoms with van der Waals surface area (Å²) >= 11 is 0. The lowest BCUT2D eigenvalue weighted by Gasteiger charge is -2.13. The Morgan fingerprint density at radius 2 is 2.21 bits per heavy atom. The number of carbonyl (C=O) groups excluding carboxylic acids is 1. The van der Waals surface area contributed by atoms with Crippen molar-refractivity contribution in [1.29, 1.82) is 0 Å². The lowest BCUT2D eigenvalue weighted by Crippen LogP contribution is -2.22. The van der Waals surface area contributed by atoms with Crippen LogP contribution in [-0.4, -0.2) is 37.0 Å². The Balaban J connectivity index is 1.99. The molecule has 0 bridgehead atoms. The second-order valence-corrected chi connectivity index (χ2v) is 7.33. The molecule has 0 saturated heterocycles. The van der Waals surface area contributed by atoms with Gasteiger partial charge in [0.15, 0.2) is 9.84 Å². The molecule has 1 fully saturated rings. The SMILES string of the molecule is COC(=O)CC1(CS(=O)(=O)Cc2ccn(C)n2)CC1. The summed E-state index contributed by atoms with van der Waals surface area (Å²) < 4.78 is 30.5. The van der Waals surface area contributed by atoms with E-state index in [-0.39, 0.29) is 23.9 Å². The van der Waals surface area contributed by atoms with Gasteiger partial charge in [0, 0.05) is 13.2 Å². The Morgan fingerprint density at radius 3 is 2.68 bits per heavy atom. The molecule has 6 nitrogen and oxygen atoms in total. The molecule has 1 aliphatic carbocycles. The molecule has 2 rings (SSSR count). The van der Waals surface area contributed by atoms with Crippen molar-refractivity contribution >= 4 is 15.8 Å². The summed E-state index contributed by atoms with van der Waals surface area (Å²) in [7, 11) is -0.188. The highest BCUT2D eigenvalue weighted by atomic mass is 32.2. The average molecular weight is 286 g/mol. The molecule has 106 valence electrons. The number of aromatic nitrogens is 2. The zero-order valence-corrected chi connectivity index (χ0v) is 11.9. The molecular weight excluding hydrogens is 268 g/mol. The molecule has 1 heterocycles. The number of hydrogen-bond acceptors (Lipinski definition) is 5. The van der Waals surface area contributed by atoms with Crippen molar-refractivity contribution in [3.05, 3.63) is 18.0 Å². The molecule has 0 spiro atoms. The van der Waals surface area contributed by atoms with E-state index in [1.807, 2.05) is 0 Å². The Labute approximate surface area is 112 Å². The average Bonchev–Trinajstić information content (AvgIpc) is 2.91. The van der Waals surface area contributed by atoms with Crippen molar-refractivity contribution in [1.82, 2.24) is 9.78 Å². The number of rotatable bonds is 6. The van der Waals surface area contributed by atoms with Crippen LogP contribution in [0.4, 0.5) is 0 Å². The molecule has 1 saturated carbocycles. The smallest absolute Gasteiger partial charge is 0.306 e. The standard InChI is InChI=1S/C12H18N2O4S/c1-14-6-3-10(13-14)8-19(16,17)9-12(4-5-12)7-11(15)18-2/h3,6H,4-5,7-9H2,1-2H3. The number of esters is 1. The van der Waals surface area contributed by atoms with Crippen LogP contribution in [0.25, 0.3) is 0 Å². The Bertz CT molecular complexity index is 572. The first-order valence-corrected chi connectivity index (χ1v) is 7.92. The van der Waals surface area contributed by atoms with Crippen molar-refractivity contribution in [3.63, 3.8) is 0 Å². The number of carbonyl (C=O) groups is 1. The third-order valence-corrected chi connectivity index (χ3v) is 5.15. The van der Waals surface area contributed by atoms with Gasteiger partial charge in [0.25, 0.3) is 0 Å². The number of nitrogens with zero attached hydrogens (tertiary/aromatic N) is 2. The molecule has 0 atom stereocenters. The Morgan fingerprint density at radius 1 is 1.53 bits per heavy atom. The number of aryl methyl sites for hydroxylation is 1. The first kappa shape index (κ1) is 14.0. The highest BCUT2D eigenvalue weighted by molar-refractivity contribution is 7.90. The van der Waals surface area contributed by atoms with Crippen LogP contribution in [0.15, 0.2) is 12.3 Å². The summed E-state index contributed by atoms with van der Waals surface area (Å²) in [6.07, 6.45) is 3.43. The fourth-order valence-electron chi connectivity index (χ4n) is 2.21. The van der Waals surface area contributed by atoms with Gasteiger partial charge in [-0.1, -0.05) is 0 Å². The highest BCUT2D eigenvalue weighted by Gasteiger charge is 2.47. The number of sulfone groups is 1. The normalized spacial score (nSPS) is 17.2. The lowest BCUT2D eigenvalue weighted by atomic mass is 10.1. The van der Waals surface area contributed by atoms with Gasteiger partial charge in [0.2, 0.25) is 0 Å². The zero-order chi connectivity index (χ0) is 14.1. The van der Waals surface area contributed by atoms with Crippen molar-refractivity contribution in [3.8, 4) is 0 Å². The van der Waals surface area contributed by atoms with Gasteiger partial charge >= 0.3 is 5.97 Å². The summed E-state index contributed by atoms with van der Waals surface area (Å²) in [6.45, 7) is 0. The molecule has 1 aromatic rings. The Hall–Kier alpha value is -1.37. The van der Waals surface area contributed by atoms with Crippen LogP contribution in [-0.2, 0) is 32.2 Å². The van der Waals surface area contributed by atoms with Gasteiger partial charge in [-0.3, -0.25) is 9.48 Å². The van der Waals surface area contributed by atoms with Crippen LogP contribution in [0.1, 0.15) is 25.0 Å². The minimum absolute atomic E-state index is 0.0334. The van der Waals surface area contributed by atoms with Gasteiger partial charge in [0.05, 0.1) is 30.7 Å². The van der Waals surface area contributed by atoms with Crippen LogP contribution < -0.4 is 0 Å². The second-order valence-electron chi connectivity index (χ2n) is 5.27. The summed E-state index contributed by atoms with van der Waals surface area (Å²) in [5.41, 5.74) is 0.136. The highest BCUT2D eigenvalue weighted by Crippen LogP contribution is 2.50. The van der Waals surface area contributed by atoms with Crippen LogP contribution in [0.2, 0.25) is 0 Å². The molecule has 0 N–H and O–H groups in total. The molecule has 0 amide bonds. The van der Waals surface area contributed by atoms with Gasteiger partial charge in [-0.15, -0.1) is 0 Å². The van der Waals surface area contributed by atoms with Crippen LogP contribution in [0, 0.1) is 5.41 Å². The third-order valence-electron chi connectivity index (χ3n) is 3.37. The van der Waals surface area contributed by atoms with E-state index in [4.69, 9.17) is 0 Å².